The van der Waals surface area contributed by atoms with E-state index in [9.17, 15) is 27.7 Å². The van der Waals surface area contributed by atoms with Crippen molar-refractivity contribution in [1.29, 1.82) is 0 Å². The third-order valence-electron chi connectivity index (χ3n) is 2.31. The first kappa shape index (κ1) is 16.9. The standard InChI is InChI=1S/C10H13F4N5O2/c1-2-3-15-9-16-4-6(19(20)21)7(18-9)17-5-10(13,14)8(11)12/h4,8H,2-3,5H2,1H3,(H2,15,16,17,18). The summed E-state index contributed by atoms with van der Waals surface area (Å²) in [5, 5.41) is 15.3. The van der Waals surface area contributed by atoms with Gasteiger partial charge in [0.15, 0.2) is 0 Å². The molecule has 0 saturated carbocycles. The molecule has 11 heteroatoms. The Hall–Kier alpha value is -2.20. The SMILES string of the molecule is CCCNc1ncc([N+](=O)[O-])c(NCC(F)(F)C(F)F)n1. The molecule has 1 aromatic rings. The van der Waals surface area contributed by atoms with Gasteiger partial charge >= 0.3 is 18.0 Å². The van der Waals surface area contributed by atoms with Crippen molar-refractivity contribution in [2.24, 2.45) is 0 Å². The third-order valence-corrected chi connectivity index (χ3v) is 2.31. The lowest BCUT2D eigenvalue weighted by atomic mass is 10.3. The number of anilines is 2. The van der Waals surface area contributed by atoms with Crippen molar-refractivity contribution in [3.05, 3.63) is 16.3 Å². The first-order valence-corrected chi connectivity index (χ1v) is 5.93. The van der Waals surface area contributed by atoms with Gasteiger partial charge in [-0.2, -0.15) is 13.8 Å². The average molecular weight is 311 g/mol. The summed E-state index contributed by atoms with van der Waals surface area (Å²) < 4.78 is 49.8. The van der Waals surface area contributed by atoms with E-state index in [0.717, 1.165) is 6.20 Å². The lowest BCUT2D eigenvalue weighted by molar-refractivity contribution is -0.384. The highest BCUT2D eigenvalue weighted by molar-refractivity contribution is 5.57. The van der Waals surface area contributed by atoms with E-state index in [0.29, 0.717) is 13.0 Å². The maximum atomic E-state index is 12.8. The van der Waals surface area contributed by atoms with E-state index in [1.54, 1.807) is 0 Å². The molecule has 0 atom stereocenters. The Labute approximate surface area is 116 Å². The average Bonchev–Trinajstić information content (AvgIpc) is 2.42. The monoisotopic (exact) mass is 311 g/mol. The minimum absolute atomic E-state index is 0.0229. The van der Waals surface area contributed by atoms with Gasteiger partial charge in [0.1, 0.15) is 6.20 Å². The summed E-state index contributed by atoms with van der Waals surface area (Å²) in [6.07, 6.45) is -2.36. The minimum atomic E-state index is -4.32. The molecule has 0 aliphatic carbocycles. The largest absolute Gasteiger partial charge is 0.358 e. The Morgan fingerprint density at radius 2 is 2.10 bits per heavy atom. The highest BCUT2D eigenvalue weighted by atomic mass is 19.3. The van der Waals surface area contributed by atoms with E-state index < -0.39 is 35.3 Å². The van der Waals surface area contributed by atoms with Crippen LogP contribution >= 0.6 is 0 Å². The number of rotatable bonds is 8. The molecule has 1 heterocycles. The van der Waals surface area contributed by atoms with E-state index in [1.807, 2.05) is 12.2 Å². The van der Waals surface area contributed by atoms with Crippen molar-refractivity contribution in [1.82, 2.24) is 9.97 Å². The van der Waals surface area contributed by atoms with Gasteiger partial charge < -0.3 is 10.6 Å². The number of halogens is 4. The highest BCUT2D eigenvalue weighted by Crippen LogP contribution is 2.26. The third kappa shape index (κ3) is 4.68. The van der Waals surface area contributed by atoms with E-state index in [4.69, 9.17) is 0 Å². The second-order valence-electron chi connectivity index (χ2n) is 4.03. The summed E-state index contributed by atoms with van der Waals surface area (Å²) in [6.45, 7) is 0.834. The molecule has 0 radical (unpaired) electrons. The highest BCUT2D eigenvalue weighted by Gasteiger charge is 2.41. The molecular weight excluding hydrogens is 298 g/mol. The Balaban J connectivity index is 2.93. The zero-order chi connectivity index (χ0) is 16.0. The summed E-state index contributed by atoms with van der Waals surface area (Å²) in [7, 11) is 0. The first-order chi connectivity index (χ1) is 9.77. The molecule has 118 valence electrons. The molecule has 0 amide bonds. The maximum absolute atomic E-state index is 12.8. The second kappa shape index (κ2) is 6.99. The lowest BCUT2D eigenvalue weighted by Crippen LogP contribution is -2.35. The van der Waals surface area contributed by atoms with Gasteiger partial charge in [0.05, 0.1) is 11.5 Å². The van der Waals surface area contributed by atoms with Crippen LogP contribution in [0.5, 0.6) is 0 Å². The quantitative estimate of drug-likeness (QED) is 0.435. The first-order valence-electron chi connectivity index (χ1n) is 5.93. The van der Waals surface area contributed by atoms with Gasteiger partial charge in [-0.25, -0.2) is 13.8 Å². The summed E-state index contributed by atoms with van der Waals surface area (Å²) >= 11 is 0. The van der Waals surface area contributed by atoms with Gasteiger partial charge in [-0.15, -0.1) is 0 Å². The number of hydrogen-bond acceptors (Lipinski definition) is 6. The summed E-state index contributed by atoms with van der Waals surface area (Å²) in [4.78, 5) is 17.1. The molecule has 1 rings (SSSR count). The van der Waals surface area contributed by atoms with Crippen molar-refractivity contribution in [2.45, 2.75) is 25.7 Å². The zero-order valence-electron chi connectivity index (χ0n) is 10.9. The van der Waals surface area contributed by atoms with Crippen LogP contribution in [0.2, 0.25) is 0 Å². The summed E-state index contributed by atoms with van der Waals surface area (Å²) in [5.41, 5.74) is -0.679. The molecule has 0 bridgehead atoms. The number of hydrogen-bond donors (Lipinski definition) is 2. The van der Waals surface area contributed by atoms with Crippen LogP contribution in [0, 0.1) is 10.1 Å². The fraction of sp³-hybridized carbons (Fsp3) is 0.600. The van der Waals surface area contributed by atoms with Gasteiger partial charge in [0, 0.05) is 6.54 Å². The molecule has 0 aliphatic heterocycles. The fourth-order valence-electron chi connectivity index (χ4n) is 1.24. The van der Waals surface area contributed by atoms with Crippen LogP contribution in [0.3, 0.4) is 0 Å². The minimum Gasteiger partial charge on any atom is -0.358 e. The van der Waals surface area contributed by atoms with Crippen LogP contribution in [0.25, 0.3) is 0 Å². The van der Waals surface area contributed by atoms with Crippen LogP contribution < -0.4 is 10.6 Å². The van der Waals surface area contributed by atoms with Crippen molar-refractivity contribution in [3.63, 3.8) is 0 Å². The second-order valence-corrected chi connectivity index (χ2v) is 4.03. The zero-order valence-corrected chi connectivity index (χ0v) is 10.9. The molecule has 21 heavy (non-hydrogen) atoms. The Morgan fingerprint density at radius 1 is 1.43 bits per heavy atom. The molecule has 0 aliphatic rings. The molecule has 0 fully saturated rings. The normalized spacial score (nSPS) is 11.5. The van der Waals surface area contributed by atoms with Gasteiger partial charge in [0.25, 0.3) is 0 Å². The summed E-state index contributed by atoms with van der Waals surface area (Å²) in [6, 6.07) is 0. The van der Waals surface area contributed by atoms with Crippen LogP contribution in [-0.4, -0.2) is 40.3 Å². The van der Waals surface area contributed by atoms with Crippen LogP contribution in [0.15, 0.2) is 6.20 Å². The molecule has 7 nitrogen and oxygen atoms in total. The van der Waals surface area contributed by atoms with Crippen molar-refractivity contribution < 1.29 is 22.5 Å². The Bertz CT molecular complexity index is 500. The number of nitrogens with one attached hydrogen (secondary N) is 2. The van der Waals surface area contributed by atoms with Crippen molar-refractivity contribution >= 4 is 17.5 Å². The topological polar surface area (TPSA) is 93.0 Å². The van der Waals surface area contributed by atoms with Crippen LogP contribution in [-0.2, 0) is 0 Å². The number of nitro groups is 1. The molecule has 2 N–H and O–H groups in total. The maximum Gasteiger partial charge on any atom is 0.329 e. The lowest BCUT2D eigenvalue weighted by Gasteiger charge is -2.16. The van der Waals surface area contributed by atoms with Crippen LogP contribution in [0.1, 0.15) is 13.3 Å². The molecule has 0 spiro atoms. The molecule has 0 saturated heterocycles. The van der Waals surface area contributed by atoms with E-state index >= 15 is 0 Å². The van der Waals surface area contributed by atoms with Gasteiger partial charge in [-0.05, 0) is 6.42 Å². The molecule has 0 aromatic carbocycles. The van der Waals surface area contributed by atoms with Gasteiger partial charge in [0.2, 0.25) is 11.8 Å². The number of alkyl halides is 4. The molecular formula is C10H13F4N5O2. The predicted octanol–water partition coefficient (Wildman–Crippen LogP) is 2.52. The number of aromatic nitrogens is 2. The summed E-state index contributed by atoms with van der Waals surface area (Å²) in [5.74, 6) is -4.89. The Morgan fingerprint density at radius 3 is 2.62 bits per heavy atom. The predicted molar refractivity (Wildman–Crippen MR) is 66.9 cm³/mol. The van der Waals surface area contributed by atoms with E-state index in [2.05, 4.69) is 15.3 Å². The molecule has 0 unspecified atom stereocenters. The van der Waals surface area contributed by atoms with Gasteiger partial charge in [-0.3, -0.25) is 10.1 Å². The number of nitrogens with zero attached hydrogens (tertiary/aromatic N) is 3. The smallest absolute Gasteiger partial charge is 0.329 e. The van der Waals surface area contributed by atoms with Crippen LogP contribution in [0.4, 0.5) is 35.0 Å². The fourth-order valence-corrected chi connectivity index (χ4v) is 1.24. The van der Waals surface area contributed by atoms with Crippen molar-refractivity contribution in [3.8, 4) is 0 Å². The van der Waals surface area contributed by atoms with E-state index in [1.165, 1.54) is 0 Å². The van der Waals surface area contributed by atoms with Crippen molar-refractivity contribution in [2.75, 3.05) is 23.7 Å². The van der Waals surface area contributed by atoms with Gasteiger partial charge in [-0.1, -0.05) is 6.92 Å². The van der Waals surface area contributed by atoms with E-state index in [-0.39, 0.29) is 5.95 Å². The molecule has 1 aromatic heterocycles. The Kier molecular flexibility index (Phi) is 5.61.